The number of rotatable bonds is 56. The molecule has 1 heterocycles. The van der Waals surface area contributed by atoms with E-state index < -0.39 is 173 Å². The van der Waals surface area contributed by atoms with Gasteiger partial charge >= 0.3 is 0 Å². The van der Waals surface area contributed by atoms with Gasteiger partial charge in [0.1, 0.15) is 66.5 Å². The number of benzene rings is 1. The molecule has 2 rings (SSSR count). The Kier molecular flexibility index (Phi) is 46.1. The average molecular weight is 1660 g/mol. The van der Waals surface area contributed by atoms with Crippen LogP contribution in [0.1, 0.15) is 165 Å². The Morgan fingerprint density at radius 3 is 0.924 bits per heavy atom. The van der Waals surface area contributed by atoms with E-state index >= 15 is 4.79 Å². The van der Waals surface area contributed by atoms with Crippen LogP contribution in [0.4, 0.5) is 0 Å². The lowest BCUT2D eigenvalue weighted by molar-refractivity contribution is -0.138. The van der Waals surface area contributed by atoms with Crippen LogP contribution in [0.25, 0.3) is 10.9 Å². The van der Waals surface area contributed by atoms with E-state index in [0.29, 0.717) is 35.7 Å². The molecule has 0 saturated carbocycles. The molecule has 2 aromatic rings. The van der Waals surface area contributed by atoms with E-state index in [9.17, 15) is 52.7 Å². The summed E-state index contributed by atoms with van der Waals surface area (Å²) >= 11 is 0. The van der Waals surface area contributed by atoms with E-state index in [1.165, 1.54) is 0 Å². The Balaban J connectivity index is 2.61. The average Bonchev–Trinajstić information content (AvgIpc) is 1.68. The lowest BCUT2D eigenvalue weighted by Crippen LogP contribution is -2.63. The molecule has 0 aliphatic heterocycles. The summed E-state index contributed by atoms with van der Waals surface area (Å²) in [5.41, 5.74) is 79.8. The van der Waals surface area contributed by atoms with Crippen LogP contribution >= 0.6 is 0 Å². The molecule has 0 bridgehead atoms. The molecule has 0 aliphatic carbocycles. The van der Waals surface area contributed by atoms with Gasteiger partial charge in [-0.2, -0.15) is 0 Å². The zero-order valence-corrected chi connectivity index (χ0v) is 69.7. The van der Waals surface area contributed by atoms with Gasteiger partial charge in [0.15, 0.2) is 35.8 Å². The summed E-state index contributed by atoms with van der Waals surface area (Å²) in [5, 5.41) is 30.8. The second-order valence-electron chi connectivity index (χ2n) is 30.1. The molecule has 12 amide bonds. The highest BCUT2D eigenvalue weighted by Gasteiger charge is 2.40. The van der Waals surface area contributed by atoms with Crippen LogP contribution in [0.5, 0.6) is 0 Å². The van der Waals surface area contributed by atoms with Gasteiger partial charge in [-0.05, 0) is 118 Å². The van der Waals surface area contributed by atoms with Gasteiger partial charge in [0.2, 0.25) is 70.9 Å². The standard InChI is InChI=1S/C74H134N32O12/c1-11-40(9)55(67(117)100-50(28-20-34-94-74(87)88)61(111)102-52(37(3)4)64(114)99-48(26-18-32-92-72(83)84)59(109)96-46(57(76)107)24-16-30-90-70(79)80)106-66(116)54(39(7)8)103-65(115)53(38(5)6)104-68(118)56(41(10)12-2)105-62(112)49(27-19-33-93-73(85)86)98-63(113)51(35-42-36-95-45-23-14-13-21-43(42)45)101-60(110)47(25-17-31-91-71(81)82)97-58(108)44(75)22-15-29-89-69(77)78/h13-14,21,23,36-41,44,46-56,95H,11-12,15-20,22,24-35,75H2,1-10H3,(H2,76,107)(H,96,109)(H,97,108)(H,98,113)(H,99,114)(H,100,117)(H,101,110)(H,102,111)(H,103,115)(H,104,118)(H,105,112)(H,106,116)(H4,77,78,89)(H4,79,80,90)(H4,81,82,91)(H4,83,84,92)(H4,85,86,93)(H4,87,88,94)/t40-,41-,44-,46-,47-,48-,49-,50-,51-,52-,53-,54-,55-,56-/m0/s1. The van der Waals surface area contributed by atoms with Crippen LogP contribution in [0, 0.1) is 29.6 Å². The van der Waals surface area contributed by atoms with E-state index in [1.807, 2.05) is 12.1 Å². The van der Waals surface area contributed by atoms with Crippen LogP contribution < -0.4 is 139 Å². The van der Waals surface area contributed by atoms with Crippen molar-refractivity contribution in [2.24, 2.45) is 140 Å². The number of nitrogens with zero attached hydrogens (tertiary/aromatic N) is 6. The number of H-pyrrole nitrogens is 1. The number of para-hydroxylation sites is 1. The Bertz CT molecular complexity index is 3780. The molecule has 0 saturated heterocycles. The van der Waals surface area contributed by atoms with Gasteiger partial charge in [0.25, 0.3) is 0 Å². The maximum Gasteiger partial charge on any atom is 0.243 e. The fourth-order valence-corrected chi connectivity index (χ4v) is 12.1. The summed E-state index contributed by atoms with van der Waals surface area (Å²) in [5.74, 6) is -14.4. The van der Waals surface area contributed by atoms with Crippen LogP contribution in [-0.4, -0.2) is 223 Å². The number of aromatic nitrogens is 1. The van der Waals surface area contributed by atoms with E-state index in [0.717, 1.165) is 0 Å². The summed E-state index contributed by atoms with van der Waals surface area (Å²) in [7, 11) is 0. The number of aliphatic imine (C=N–C) groups is 6. The first kappa shape index (κ1) is 102. The van der Waals surface area contributed by atoms with Crippen molar-refractivity contribution in [3.63, 3.8) is 0 Å². The number of fused-ring (bicyclic) bond motifs is 1. The van der Waals surface area contributed by atoms with Gasteiger partial charge in [-0.15, -0.1) is 0 Å². The number of carbonyl (C=O) groups is 12. The van der Waals surface area contributed by atoms with Crippen LogP contribution in [-0.2, 0) is 64.0 Å². The monoisotopic (exact) mass is 1660 g/mol. The Labute approximate surface area is 689 Å². The summed E-state index contributed by atoms with van der Waals surface area (Å²) in [6, 6.07) is -8.91. The van der Waals surface area contributed by atoms with E-state index in [2.05, 4.69) is 93.4 Å². The minimum atomic E-state index is -1.45. The van der Waals surface area contributed by atoms with Crippen molar-refractivity contribution in [3.8, 4) is 0 Å². The number of hydrogen-bond acceptors (Lipinski definition) is 19. The number of primary amides is 1. The third-order valence-electron chi connectivity index (χ3n) is 19.3. The summed E-state index contributed by atoms with van der Waals surface area (Å²) < 4.78 is 0. The maximum absolute atomic E-state index is 15.0. The number of hydrogen-bond donors (Lipinski definition) is 26. The molecule has 1 aromatic carbocycles. The van der Waals surface area contributed by atoms with E-state index in [4.69, 9.17) is 80.3 Å². The lowest BCUT2D eigenvalue weighted by Gasteiger charge is -2.32. The second-order valence-corrected chi connectivity index (χ2v) is 30.1. The summed E-state index contributed by atoms with van der Waals surface area (Å²) in [6.45, 7) is 17.1. The molecule has 0 aliphatic rings. The SMILES string of the molecule is CC[C@H](C)[C@H](NC(=O)[C@H](CCCN=C(N)N)NC(=O)[C@H](Cc1c[nH]c2ccccc12)NC(=O)[C@H](CCCN=C(N)N)NC(=O)[C@@H](N)CCCN=C(N)N)C(=O)N[C@H](C(=O)N[C@H](C(=O)N[C@H](C(=O)N[C@@H](CCCN=C(N)N)C(=O)N[C@H](C(=O)N[C@@H](CCCN=C(N)N)C(=O)N[C@@H](CCCN=C(N)N)C(N)=O)C(C)C)[C@@H](C)CC)C(C)C)C(C)C. The molecule has 44 nitrogen and oxygen atoms in total. The topological polar surface area (TPSA) is 791 Å². The van der Waals surface area contributed by atoms with Crippen LogP contribution in [0.3, 0.4) is 0 Å². The number of nitrogens with one attached hydrogen (secondary N) is 12. The van der Waals surface area contributed by atoms with Gasteiger partial charge in [-0.1, -0.05) is 100 Å². The van der Waals surface area contributed by atoms with Crippen molar-refractivity contribution in [3.05, 3.63) is 36.0 Å². The number of carbonyl (C=O) groups excluding carboxylic acids is 12. The predicted octanol–water partition coefficient (Wildman–Crippen LogP) is -6.76. The van der Waals surface area contributed by atoms with Crippen molar-refractivity contribution in [2.45, 2.75) is 238 Å². The smallest absolute Gasteiger partial charge is 0.243 e. The predicted molar refractivity (Wildman–Crippen MR) is 453 cm³/mol. The van der Waals surface area contributed by atoms with Gasteiger partial charge in [-0.25, -0.2) is 0 Å². The molecule has 14 atom stereocenters. The van der Waals surface area contributed by atoms with Crippen LogP contribution in [0.2, 0.25) is 0 Å². The highest BCUT2D eigenvalue weighted by molar-refractivity contribution is 6.00. The molecule has 0 unspecified atom stereocenters. The number of nitrogens with two attached hydrogens (primary N) is 14. The molecule has 1 aromatic heterocycles. The van der Waals surface area contributed by atoms with Gasteiger partial charge in [0.05, 0.1) is 6.04 Å². The second kappa shape index (κ2) is 53.3. The highest BCUT2D eigenvalue weighted by Crippen LogP contribution is 2.21. The molecule has 0 fully saturated rings. The van der Waals surface area contributed by atoms with Crippen molar-refractivity contribution in [1.82, 2.24) is 63.5 Å². The fourth-order valence-electron chi connectivity index (χ4n) is 12.1. The van der Waals surface area contributed by atoms with Crippen molar-refractivity contribution in [1.29, 1.82) is 0 Å². The number of amides is 12. The molecule has 44 heteroatoms. The largest absolute Gasteiger partial charge is 0.370 e. The minimum absolute atomic E-state index is 0.00310. The Morgan fingerprint density at radius 1 is 0.322 bits per heavy atom. The van der Waals surface area contributed by atoms with Gasteiger partial charge in [-0.3, -0.25) is 87.5 Å². The van der Waals surface area contributed by atoms with Gasteiger partial charge < -0.3 is 144 Å². The number of guanidine groups is 6. The Morgan fingerprint density at radius 2 is 0.576 bits per heavy atom. The fraction of sp³-hybridized carbons (Fsp3) is 0.649. The van der Waals surface area contributed by atoms with E-state index in [1.54, 1.807) is 87.6 Å². The Hall–Kier alpha value is -12.0. The maximum atomic E-state index is 15.0. The highest BCUT2D eigenvalue weighted by atomic mass is 16.2. The zero-order valence-electron chi connectivity index (χ0n) is 69.7. The molecule has 118 heavy (non-hydrogen) atoms. The quantitative estimate of drug-likeness (QED) is 0.0166. The number of aromatic amines is 1. The first-order valence-corrected chi connectivity index (χ1v) is 39.8. The molecular weight excluding hydrogens is 1530 g/mol. The molecular formula is C74H134N32O12. The third-order valence-corrected chi connectivity index (χ3v) is 19.3. The van der Waals surface area contributed by atoms with E-state index in [-0.39, 0.29) is 152 Å². The van der Waals surface area contributed by atoms with Crippen molar-refractivity contribution >= 4 is 118 Å². The molecule has 0 radical (unpaired) electrons. The van der Waals surface area contributed by atoms with Crippen molar-refractivity contribution < 1.29 is 57.5 Å². The lowest BCUT2D eigenvalue weighted by atomic mass is 9.94. The zero-order chi connectivity index (χ0) is 89.1. The minimum Gasteiger partial charge on any atom is -0.370 e. The van der Waals surface area contributed by atoms with Crippen LogP contribution in [0.15, 0.2) is 60.4 Å². The van der Waals surface area contributed by atoms with Gasteiger partial charge in [0, 0.05) is 62.8 Å². The third kappa shape index (κ3) is 38.2. The molecule has 40 N–H and O–H groups in total. The molecule has 0 spiro atoms. The first-order valence-electron chi connectivity index (χ1n) is 39.8. The van der Waals surface area contributed by atoms with Crippen molar-refractivity contribution in [2.75, 3.05) is 39.3 Å². The summed E-state index contributed by atoms with van der Waals surface area (Å²) in [4.78, 5) is 200. The first-order chi connectivity index (χ1) is 55.5. The molecule has 662 valence electrons. The summed E-state index contributed by atoms with van der Waals surface area (Å²) in [6.07, 6.45) is 3.07. The normalized spacial score (nSPS) is 14.7.